The summed E-state index contributed by atoms with van der Waals surface area (Å²) in [6.07, 6.45) is 1.61. The molecule has 0 aliphatic carbocycles. The summed E-state index contributed by atoms with van der Waals surface area (Å²) >= 11 is 0. The molecule has 0 aliphatic rings. The van der Waals surface area contributed by atoms with Gasteiger partial charge in [0, 0.05) is 23.4 Å². The van der Waals surface area contributed by atoms with Crippen molar-refractivity contribution in [1.29, 1.82) is 0 Å². The number of fused-ring (bicyclic) bond motifs is 4. The lowest BCUT2D eigenvalue weighted by molar-refractivity contribution is 0.0949. The maximum Gasteiger partial charge on any atom is 0.290 e. The molecule has 33 heavy (non-hydrogen) atoms. The Balaban J connectivity index is 1.53. The van der Waals surface area contributed by atoms with Crippen LogP contribution in [0.3, 0.4) is 0 Å². The van der Waals surface area contributed by atoms with E-state index < -0.39 is 0 Å². The molecule has 0 bridgehead atoms. The van der Waals surface area contributed by atoms with E-state index in [4.69, 9.17) is 9.47 Å². The number of methoxy groups -OCH3 is 2. The Labute approximate surface area is 190 Å². The SMILES string of the molecule is COc1ccc(/C=N/NC(=O)c2c(C)nc3n(C)c4ccccc4n23)c2c(OC)cccc12. The van der Waals surface area contributed by atoms with Crippen LogP contribution in [0.5, 0.6) is 11.5 Å². The number of para-hydroxylation sites is 2. The molecule has 0 unspecified atom stereocenters. The van der Waals surface area contributed by atoms with Crippen molar-refractivity contribution in [1.82, 2.24) is 19.4 Å². The molecule has 3 aromatic carbocycles. The largest absolute Gasteiger partial charge is 0.496 e. The van der Waals surface area contributed by atoms with Crippen molar-refractivity contribution in [2.24, 2.45) is 12.1 Å². The highest BCUT2D eigenvalue weighted by molar-refractivity contribution is 6.06. The van der Waals surface area contributed by atoms with Gasteiger partial charge in [-0.05, 0) is 37.3 Å². The predicted octanol–water partition coefficient (Wildman–Crippen LogP) is 4.07. The molecule has 5 aromatic rings. The van der Waals surface area contributed by atoms with E-state index in [1.807, 2.05) is 77.5 Å². The van der Waals surface area contributed by atoms with E-state index >= 15 is 0 Å². The van der Waals surface area contributed by atoms with E-state index in [-0.39, 0.29) is 5.91 Å². The van der Waals surface area contributed by atoms with Gasteiger partial charge < -0.3 is 14.0 Å². The smallest absolute Gasteiger partial charge is 0.290 e. The van der Waals surface area contributed by atoms with Crippen LogP contribution in [0.4, 0.5) is 0 Å². The van der Waals surface area contributed by atoms with Gasteiger partial charge in [0.25, 0.3) is 5.91 Å². The highest BCUT2D eigenvalue weighted by Crippen LogP contribution is 2.34. The average Bonchev–Trinajstić information content (AvgIpc) is 3.32. The van der Waals surface area contributed by atoms with E-state index in [1.54, 1.807) is 20.4 Å². The van der Waals surface area contributed by atoms with Crippen molar-refractivity contribution in [2.45, 2.75) is 6.92 Å². The molecule has 166 valence electrons. The van der Waals surface area contributed by atoms with Crippen LogP contribution in [-0.2, 0) is 7.05 Å². The first-order valence-corrected chi connectivity index (χ1v) is 10.4. The van der Waals surface area contributed by atoms with Gasteiger partial charge in [-0.15, -0.1) is 0 Å². The van der Waals surface area contributed by atoms with Crippen molar-refractivity contribution in [3.63, 3.8) is 0 Å². The molecule has 0 saturated heterocycles. The van der Waals surface area contributed by atoms with Crippen LogP contribution < -0.4 is 14.9 Å². The van der Waals surface area contributed by atoms with Crippen LogP contribution in [0.15, 0.2) is 59.7 Å². The molecular formula is C25H23N5O3. The third-order valence-corrected chi connectivity index (χ3v) is 5.84. The molecule has 0 saturated carbocycles. The number of hydrogen-bond acceptors (Lipinski definition) is 5. The Morgan fingerprint density at radius 1 is 1.00 bits per heavy atom. The summed E-state index contributed by atoms with van der Waals surface area (Å²) in [4.78, 5) is 17.7. The topological polar surface area (TPSA) is 82.1 Å². The standard InChI is InChI=1S/C25H23N5O3/c1-15-23(30-19-10-6-5-9-18(19)29(2)25(30)27-15)24(31)28-26-14-16-12-13-20(32-3)17-8-7-11-21(33-4)22(16)17/h5-14H,1-4H3,(H,28,31)/b26-14+. The summed E-state index contributed by atoms with van der Waals surface area (Å²) in [5.74, 6) is 1.80. The zero-order chi connectivity index (χ0) is 23.1. The Morgan fingerprint density at radius 3 is 2.52 bits per heavy atom. The number of rotatable bonds is 5. The number of carbonyl (C=O) groups is 1. The highest BCUT2D eigenvalue weighted by Gasteiger charge is 2.21. The number of imidazole rings is 2. The molecule has 2 aromatic heterocycles. The molecule has 0 fully saturated rings. The molecule has 0 atom stereocenters. The van der Waals surface area contributed by atoms with Crippen LogP contribution in [0.1, 0.15) is 21.7 Å². The first-order chi connectivity index (χ1) is 16.0. The van der Waals surface area contributed by atoms with E-state index in [0.717, 1.165) is 33.1 Å². The van der Waals surface area contributed by atoms with Crippen molar-refractivity contribution < 1.29 is 14.3 Å². The zero-order valence-electron chi connectivity index (χ0n) is 18.8. The second-order valence-electron chi connectivity index (χ2n) is 7.67. The van der Waals surface area contributed by atoms with E-state index in [0.29, 0.717) is 22.9 Å². The van der Waals surface area contributed by atoms with Gasteiger partial charge in [-0.2, -0.15) is 5.10 Å². The fourth-order valence-electron chi connectivity index (χ4n) is 4.32. The van der Waals surface area contributed by atoms with Crippen LogP contribution in [0, 0.1) is 6.92 Å². The first-order valence-electron chi connectivity index (χ1n) is 10.4. The van der Waals surface area contributed by atoms with Crippen LogP contribution in [0.2, 0.25) is 0 Å². The van der Waals surface area contributed by atoms with Gasteiger partial charge >= 0.3 is 0 Å². The number of carbonyl (C=O) groups excluding carboxylic acids is 1. The summed E-state index contributed by atoms with van der Waals surface area (Å²) in [5, 5.41) is 6.00. The van der Waals surface area contributed by atoms with E-state index in [1.165, 1.54) is 0 Å². The Kier molecular flexibility index (Phi) is 4.97. The maximum absolute atomic E-state index is 13.1. The third-order valence-electron chi connectivity index (χ3n) is 5.84. The minimum atomic E-state index is -0.336. The zero-order valence-corrected chi connectivity index (χ0v) is 18.8. The Hall–Kier alpha value is -4.33. The van der Waals surface area contributed by atoms with Gasteiger partial charge in [0.1, 0.15) is 17.2 Å². The molecule has 8 nitrogen and oxygen atoms in total. The molecular weight excluding hydrogens is 418 g/mol. The number of hydrazone groups is 1. The molecule has 1 N–H and O–H groups in total. The lowest BCUT2D eigenvalue weighted by Gasteiger charge is -2.11. The van der Waals surface area contributed by atoms with E-state index in [9.17, 15) is 4.79 Å². The summed E-state index contributed by atoms with van der Waals surface area (Å²) < 4.78 is 14.9. The van der Waals surface area contributed by atoms with Crippen LogP contribution in [-0.4, -0.2) is 40.3 Å². The number of benzene rings is 3. The second kappa shape index (κ2) is 7.98. The van der Waals surface area contributed by atoms with Gasteiger partial charge in [0.2, 0.25) is 5.78 Å². The maximum atomic E-state index is 13.1. The van der Waals surface area contributed by atoms with E-state index in [2.05, 4.69) is 15.5 Å². The lowest BCUT2D eigenvalue weighted by atomic mass is 10.0. The minimum absolute atomic E-state index is 0.336. The average molecular weight is 441 g/mol. The van der Waals surface area contributed by atoms with Crippen molar-refractivity contribution in [3.05, 3.63) is 71.5 Å². The fraction of sp³-hybridized carbons (Fsp3) is 0.160. The molecule has 0 aliphatic heterocycles. The number of aromatic nitrogens is 3. The number of aryl methyl sites for hydroxylation is 2. The third kappa shape index (κ3) is 3.18. The number of nitrogens with zero attached hydrogens (tertiary/aromatic N) is 4. The van der Waals surface area contributed by atoms with Gasteiger partial charge in [0.15, 0.2) is 0 Å². The minimum Gasteiger partial charge on any atom is -0.496 e. The first kappa shape index (κ1) is 20.6. The monoisotopic (exact) mass is 441 g/mol. The number of amides is 1. The highest BCUT2D eigenvalue weighted by atomic mass is 16.5. The quantitative estimate of drug-likeness (QED) is 0.329. The lowest BCUT2D eigenvalue weighted by Crippen LogP contribution is -2.20. The molecule has 2 heterocycles. The van der Waals surface area contributed by atoms with Crippen molar-refractivity contribution in [2.75, 3.05) is 14.2 Å². The summed E-state index contributed by atoms with van der Waals surface area (Å²) in [6, 6.07) is 17.4. The molecule has 5 rings (SSSR count). The molecule has 0 radical (unpaired) electrons. The number of hydrogen-bond donors (Lipinski definition) is 1. The van der Waals surface area contributed by atoms with Crippen molar-refractivity contribution in [3.8, 4) is 11.5 Å². The number of ether oxygens (including phenoxy) is 2. The van der Waals surface area contributed by atoms with Gasteiger partial charge in [-0.1, -0.05) is 24.3 Å². The predicted molar refractivity (Wildman–Crippen MR) is 129 cm³/mol. The Morgan fingerprint density at radius 2 is 1.76 bits per heavy atom. The number of nitrogens with one attached hydrogen (secondary N) is 1. The molecule has 8 heteroatoms. The van der Waals surface area contributed by atoms with Crippen molar-refractivity contribution >= 4 is 39.7 Å². The summed E-state index contributed by atoms with van der Waals surface area (Å²) in [7, 11) is 5.19. The molecule has 1 amide bonds. The van der Waals surface area contributed by atoms with Gasteiger partial charge in [-0.25, -0.2) is 10.4 Å². The second-order valence-corrected chi connectivity index (χ2v) is 7.67. The fourth-order valence-corrected chi connectivity index (χ4v) is 4.32. The van der Waals surface area contributed by atoms with Gasteiger partial charge in [-0.3, -0.25) is 9.20 Å². The normalized spacial score (nSPS) is 11.6. The Bertz CT molecular complexity index is 1560. The van der Waals surface area contributed by atoms with Crippen LogP contribution in [0.25, 0.3) is 27.6 Å². The summed E-state index contributed by atoms with van der Waals surface area (Å²) in [6.45, 7) is 1.82. The molecule has 0 spiro atoms. The summed E-state index contributed by atoms with van der Waals surface area (Å²) in [5.41, 5.74) is 6.45. The van der Waals surface area contributed by atoms with Crippen LogP contribution >= 0.6 is 0 Å². The van der Waals surface area contributed by atoms with Gasteiger partial charge in [0.05, 0.1) is 37.2 Å².